The predicted octanol–water partition coefficient (Wildman–Crippen LogP) is 6.45. The lowest BCUT2D eigenvalue weighted by molar-refractivity contribution is 0.940. The van der Waals surface area contributed by atoms with Gasteiger partial charge in [0.1, 0.15) is 0 Å². The Kier molecular flexibility index (Phi) is 4.96. The fraction of sp³-hybridized carbons (Fsp3) is 0.167. The third-order valence-electron chi connectivity index (χ3n) is 2.30. The van der Waals surface area contributed by atoms with E-state index in [-0.39, 0.29) is 5.38 Å². The zero-order valence-electron chi connectivity index (χ0n) is 8.59. The summed E-state index contributed by atoms with van der Waals surface area (Å²) in [7, 11) is 0. The van der Waals surface area contributed by atoms with Crippen molar-refractivity contribution in [3.63, 3.8) is 0 Å². The van der Waals surface area contributed by atoms with Crippen molar-refractivity contribution in [3.05, 3.63) is 54.1 Å². The van der Waals surface area contributed by atoms with Crippen LogP contribution in [0.2, 0.25) is 5.02 Å². The maximum Gasteiger partial charge on any atom is 0.0843 e. The summed E-state index contributed by atoms with van der Waals surface area (Å²) >= 11 is 20.8. The lowest BCUT2D eigenvalue weighted by atomic mass is 10.1. The van der Waals surface area contributed by atoms with E-state index in [0.29, 0.717) is 0 Å². The van der Waals surface area contributed by atoms with E-state index < -0.39 is 0 Å². The monoisotopic (exact) mass is 412 g/mol. The SMILES string of the molecule is Clc1ccc(CC(Cl)c2cc(Br)c(Br)s2)cc1. The van der Waals surface area contributed by atoms with E-state index >= 15 is 0 Å². The van der Waals surface area contributed by atoms with E-state index in [1.807, 2.05) is 24.3 Å². The fourth-order valence-electron chi connectivity index (χ4n) is 1.45. The molecule has 1 aromatic carbocycles. The second kappa shape index (κ2) is 6.07. The molecule has 0 aliphatic heterocycles. The molecule has 0 spiro atoms. The molecule has 0 amide bonds. The molecular weight excluding hydrogens is 407 g/mol. The molecular formula is C12H8Br2Cl2S. The number of benzene rings is 1. The second-order valence-corrected chi connectivity index (χ2v) is 7.79. The first-order chi connectivity index (χ1) is 8.06. The van der Waals surface area contributed by atoms with Gasteiger partial charge < -0.3 is 0 Å². The molecule has 2 aromatic rings. The standard InChI is InChI=1S/C12H8Br2Cl2S/c13-9-6-11(17-12(9)14)10(16)5-7-1-3-8(15)4-2-7/h1-4,6,10H,5H2. The second-order valence-electron chi connectivity index (χ2n) is 3.57. The highest BCUT2D eigenvalue weighted by atomic mass is 79.9. The Morgan fingerprint density at radius 2 is 1.82 bits per heavy atom. The van der Waals surface area contributed by atoms with Crippen molar-refractivity contribution in [2.75, 3.05) is 0 Å². The van der Waals surface area contributed by atoms with Crippen LogP contribution in [-0.2, 0) is 6.42 Å². The summed E-state index contributed by atoms with van der Waals surface area (Å²) in [4.78, 5) is 1.15. The van der Waals surface area contributed by atoms with E-state index in [9.17, 15) is 0 Å². The third-order valence-corrected chi connectivity index (χ3v) is 6.44. The lowest BCUT2D eigenvalue weighted by Crippen LogP contribution is -1.92. The molecule has 2 rings (SSSR count). The van der Waals surface area contributed by atoms with Crippen molar-refractivity contribution in [2.45, 2.75) is 11.8 Å². The number of rotatable bonds is 3. The zero-order valence-corrected chi connectivity index (χ0v) is 14.1. The van der Waals surface area contributed by atoms with Crippen LogP contribution in [0.1, 0.15) is 15.8 Å². The minimum atomic E-state index is -0.0104. The molecule has 0 radical (unpaired) electrons. The number of halogens is 4. The molecule has 0 bridgehead atoms. The van der Waals surface area contributed by atoms with Crippen LogP contribution in [0, 0.1) is 0 Å². The molecule has 0 saturated carbocycles. The average molecular weight is 415 g/mol. The van der Waals surface area contributed by atoms with Gasteiger partial charge in [0, 0.05) is 14.4 Å². The summed E-state index contributed by atoms with van der Waals surface area (Å²) < 4.78 is 2.13. The summed E-state index contributed by atoms with van der Waals surface area (Å²) in [6, 6.07) is 9.86. The Hall–Kier alpha value is 0.460. The van der Waals surface area contributed by atoms with Gasteiger partial charge in [0.05, 0.1) is 9.16 Å². The molecule has 1 atom stereocenters. The summed E-state index contributed by atoms with van der Waals surface area (Å²) in [5.41, 5.74) is 1.19. The molecule has 0 aliphatic carbocycles. The van der Waals surface area contributed by atoms with Crippen molar-refractivity contribution < 1.29 is 0 Å². The first-order valence-electron chi connectivity index (χ1n) is 4.89. The molecule has 1 heterocycles. The minimum absolute atomic E-state index is 0.0104. The number of hydrogen-bond acceptors (Lipinski definition) is 1. The fourth-order valence-corrected chi connectivity index (χ4v) is 4.01. The molecule has 0 saturated heterocycles. The Morgan fingerprint density at radius 1 is 1.18 bits per heavy atom. The molecule has 0 fully saturated rings. The van der Waals surface area contributed by atoms with Gasteiger partial charge in [-0.2, -0.15) is 0 Å². The van der Waals surface area contributed by atoms with Crippen LogP contribution in [0.25, 0.3) is 0 Å². The van der Waals surface area contributed by atoms with E-state index in [0.717, 1.165) is 24.6 Å². The van der Waals surface area contributed by atoms with Gasteiger partial charge in [-0.15, -0.1) is 22.9 Å². The number of thiophene rings is 1. The van der Waals surface area contributed by atoms with Crippen LogP contribution in [0.3, 0.4) is 0 Å². The van der Waals surface area contributed by atoms with Gasteiger partial charge in [-0.1, -0.05) is 23.7 Å². The van der Waals surface area contributed by atoms with Gasteiger partial charge in [0.15, 0.2) is 0 Å². The van der Waals surface area contributed by atoms with Gasteiger partial charge in [-0.05, 0) is 62.0 Å². The van der Waals surface area contributed by atoms with Gasteiger partial charge in [-0.25, -0.2) is 0 Å². The third kappa shape index (κ3) is 3.71. The lowest BCUT2D eigenvalue weighted by Gasteiger charge is -2.07. The average Bonchev–Trinajstić information content (AvgIpc) is 2.63. The smallest absolute Gasteiger partial charge is 0.0843 e. The maximum absolute atomic E-state index is 6.40. The maximum atomic E-state index is 6.40. The first kappa shape index (κ1) is 13.9. The van der Waals surface area contributed by atoms with Gasteiger partial charge >= 0.3 is 0 Å². The highest BCUT2D eigenvalue weighted by Crippen LogP contribution is 2.38. The van der Waals surface area contributed by atoms with Gasteiger partial charge in [0.2, 0.25) is 0 Å². The van der Waals surface area contributed by atoms with Crippen LogP contribution >= 0.6 is 66.4 Å². The van der Waals surface area contributed by atoms with E-state index in [2.05, 4.69) is 37.9 Å². The normalized spacial score (nSPS) is 12.7. The summed E-state index contributed by atoms with van der Waals surface area (Å²) in [5.74, 6) is 0. The van der Waals surface area contributed by atoms with Crippen LogP contribution in [0.5, 0.6) is 0 Å². The van der Waals surface area contributed by atoms with Crippen molar-refractivity contribution >= 4 is 66.4 Å². The van der Waals surface area contributed by atoms with Crippen LogP contribution in [-0.4, -0.2) is 0 Å². The minimum Gasteiger partial charge on any atom is -0.130 e. The largest absolute Gasteiger partial charge is 0.130 e. The summed E-state index contributed by atoms with van der Waals surface area (Å²) in [6.45, 7) is 0. The van der Waals surface area contributed by atoms with E-state index in [1.165, 1.54) is 5.56 Å². The highest BCUT2D eigenvalue weighted by Gasteiger charge is 2.13. The topological polar surface area (TPSA) is 0 Å². The highest BCUT2D eigenvalue weighted by molar-refractivity contribution is 9.13. The molecule has 1 unspecified atom stereocenters. The predicted molar refractivity (Wildman–Crippen MR) is 83.5 cm³/mol. The molecule has 0 aliphatic rings. The van der Waals surface area contributed by atoms with Crippen molar-refractivity contribution in [3.8, 4) is 0 Å². The van der Waals surface area contributed by atoms with Crippen molar-refractivity contribution in [1.82, 2.24) is 0 Å². The van der Waals surface area contributed by atoms with E-state index in [1.54, 1.807) is 11.3 Å². The van der Waals surface area contributed by atoms with Gasteiger partial charge in [0.25, 0.3) is 0 Å². The molecule has 17 heavy (non-hydrogen) atoms. The Balaban J connectivity index is 2.11. The number of alkyl halides is 1. The van der Waals surface area contributed by atoms with Crippen molar-refractivity contribution in [1.29, 1.82) is 0 Å². The van der Waals surface area contributed by atoms with E-state index in [4.69, 9.17) is 23.2 Å². The molecule has 1 aromatic heterocycles. The number of hydrogen-bond donors (Lipinski definition) is 0. The Labute approximate surface area is 131 Å². The summed E-state index contributed by atoms with van der Waals surface area (Å²) in [6.07, 6.45) is 0.804. The molecule has 0 N–H and O–H groups in total. The first-order valence-corrected chi connectivity index (χ1v) is 8.11. The molecule has 0 nitrogen and oxygen atoms in total. The van der Waals surface area contributed by atoms with Crippen LogP contribution in [0.4, 0.5) is 0 Å². The van der Waals surface area contributed by atoms with Crippen molar-refractivity contribution in [2.24, 2.45) is 0 Å². The molecule has 5 heteroatoms. The van der Waals surface area contributed by atoms with Gasteiger partial charge in [-0.3, -0.25) is 0 Å². The van der Waals surface area contributed by atoms with Crippen LogP contribution in [0.15, 0.2) is 38.6 Å². The Morgan fingerprint density at radius 3 is 2.35 bits per heavy atom. The zero-order chi connectivity index (χ0) is 12.4. The quantitative estimate of drug-likeness (QED) is 0.506. The van der Waals surface area contributed by atoms with Crippen LogP contribution < -0.4 is 0 Å². The summed E-state index contributed by atoms with van der Waals surface area (Å²) in [5, 5.41) is 0.741. The Bertz CT molecular complexity index is 488. The molecule has 90 valence electrons.